The molecule has 0 rings (SSSR count). The number of hydrogen-bond acceptors (Lipinski definition) is 15. The summed E-state index contributed by atoms with van der Waals surface area (Å²) in [5, 5.41) is 11.1. The SMILES string of the molecule is CCCCCCOCCOCCO.CCCCCCOCCOCCOC(=O)NCCC[Si](OCC)(OCC)OCC.CCO[Si](CCCN=C=O)(OCC)OCC. The van der Waals surface area contributed by atoms with Crippen molar-refractivity contribution in [3.8, 4) is 0 Å². The van der Waals surface area contributed by atoms with E-state index in [1.807, 2.05) is 41.5 Å². The van der Waals surface area contributed by atoms with Gasteiger partial charge in [0.1, 0.15) is 6.61 Å². The smallest absolute Gasteiger partial charge is 0.447 e. The summed E-state index contributed by atoms with van der Waals surface area (Å²) in [6.45, 7) is 25.3. The fourth-order valence-corrected chi connectivity index (χ4v) is 10.3. The van der Waals surface area contributed by atoms with E-state index in [1.54, 1.807) is 0 Å². The van der Waals surface area contributed by atoms with E-state index in [0.717, 1.165) is 32.5 Å². The van der Waals surface area contributed by atoms with Crippen LogP contribution in [0, 0.1) is 0 Å². The molecular weight excluding hydrogens is 789 g/mol. The molecule has 0 aliphatic heterocycles. The lowest BCUT2D eigenvalue weighted by Crippen LogP contribution is -2.46. The van der Waals surface area contributed by atoms with Crippen molar-refractivity contribution in [2.24, 2.45) is 4.99 Å². The number of carbonyl (C=O) groups is 1. The monoisotopic (exact) mass is 875 g/mol. The van der Waals surface area contributed by atoms with Gasteiger partial charge in [-0.1, -0.05) is 52.4 Å². The van der Waals surface area contributed by atoms with Crippen LogP contribution in [0.3, 0.4) is 0 Å². The van der Waals surface area contributed by atoms with E-state index in [2.05, 4.69) is 24.2 Å². The van der Waals surface area contributed by atoms with Gasteiger partial charge in [-0.05, 0) is 67.2 Å². The molecule has 0 atom stereocenters. The number of alkyl carbamates (subject to hydrolysis) is 1. The summed E-state index contributed by atoms with van der Waals surface area (Å²) >= 11 is 0. The molecule has 348 valence electrons. The van der Waals surface area contributed by atoms with Crippen LogP contribution in [0.5, 0.6) is 0 Å². The molecule has 2 N–H and O–H groups in total. The summed E-state index contributed by atoms with van der Waals surface area (Å²) in [5.41, 5.74) is 0. The maximum atomic E-state index is 11.7. The molecule has 1 amide bonds. The van der Waals surface area contributed by atoms with Gasteiger partial charge in [0, 0.05) is 71.5 Å². The first-order chi connectivity index (χ1) is 28.3. The van der Waals surface area contributed by atoms with Crippen molar-refractivity contribution in [1.29, 1.82) is 0 Å². The zero-order valence-electron chi connectivity index (χ0n) is 37.9. The molecular formula is C40H86N2O14Si2. The highest BCUT2D eigenvalue weighted by Crippen LogP contribution is 2.19. The van der Waals surface area contributed by atoms with Crippen LogP contribution in [0.2, 0.25) is 12.1 Å². The van der Waals surface area contributed by atoms with Crippen LogP contribution in [0.25, 0.3) is 0 Å². The maximum absolute atomic E-state index is 11.7. The fourth-order valence-electron chi connectivity index (χ4n) is 5.13. The van der Waals surface area contributed by atoms with Gasteiger partial charge in [-0.3, -0.25) is 0 Å². The van der Waals surface area contributed by atoms with Gasteiger partial charge < -0.3 is 60.7 Å². The number of unbranched alkanes of at least 4 members (excludes halogenated alkanes) is 6. The predicted octanol–water partition coefficient (Wildman–Crippen LogP) is 7.12. The Kier molecular flexibility index (Phi) is 52.5. The molecule has 0 aromatic heterocycles. The summed E-state index contributed by atoms with van der Waals surface area (Å²) in [4.78, 5) is 25.1. The lowest BCUT2D eigenvalue weighted by atomic mass is 10.2. The standard InChI is InChI=1S/C20H43NO7Si.C10H21NO4Si.C10H22O3/c1-5-9-10-11-14-23-15-16-24-17-18-25-20(22)21-13-12-19-29(26-6-2,27-7-3)28-8-4;1-4-13-16(14-5-2,15-6-3)9-7-8-11-10-12;1-2-3-4-5-7-12-9-10-13-8-6-11/h5-19H2,1-4H3,(H,21,22);4-9H2,1-3H3;11H,2-10H2,1H3. The van der Waals surface area contributed by atoms with Crippen LogP contribution in [-0.2, 0) is 55.0 Å². The highest BCUT2D eigenvalue weighted by atomic mass is 28.4. The second kappa shape index (κ2) is 50.0. The Labute approximate surface area is 354 Å². The molecule has 0 aliphatic carbocycles. The van der Waals surface area contributed by atoms with Crippen LogP contribution in [0.15, 0.2) is 4.99 Å². The van der Waals surface area contributed by atoms with E-state index in [9.17, 15) is 9.59 Å². The quantitative estimate of drug-likeness (QED) is 0.0274. The minimum atomic E-state index is -2.65. The predicted molar refractivity (Wildman–Crippen MR) is 231 cm³/mol. The third-order valence-electron chi connectivity index (χ3n) is 7.66. The molecule has 0 radical (unpaired) electrons. The first-order valence-corrected chi connectivity index (χ1v) is 25.9. The van der Waals surface area contributed by atoms with E-state index < -0.39 is 23.7 Å². The number of nitrogens with zero attached hydrogens (tertiary/aromatic N) is 1. The number of amides is 1. The Morgan fingerprint density at radius 3 is 1.31 bits per heavy atom. The molecule has 16 nitrogen and oxygen atoms in total. The van der Waals surface area contributed by atoms with Crippen molar-refractivity contribution < 1.29 is 64.9 Å². The van der Waals surface area contributed by atoms with Gasteiger partial charge in [-0.2, -0.15) is 0 Å². The number of isocyanates is 1. The number of hydrogen-bond donors (Lipinski definition) is 2. The van der Waals surface area contributed by atoms with Gasteiger partial charge in [0.15, 0.2) is 0 Å². The molecule has 0 saturated heterocycles. The third kappa shape index (κ3) is 42.8. The molecule has 0 unspecified atom stereocenters. The normalized spacial score (nSPS) is 11.3. The van der Waals surface area contributed by atoms with Gasteiger partial charge in [0.05, 0.1) is 52.8 Å². The van der Waals surface area contributed by atoms with Crippen molar-refractivity contribution in [3.05, 3.63) is 0 Å². The zero-order chi connectivity index (χ0) is 43.7. The van der Waals surface area contributed by atoms with Gasteiger partial charge in [-0.25, -0.2) is 14.6 Å². The van der Waals surface area contributed by atoms with Gasteiger partial charge >= 0.3 is 23.7 Å². The van der Waals surface area contributed by atoms with Gasteiger partial charge in [0.2, 0.25) is 6.08 Å². The van der Waals surface area contributed by atoms with Crippen LogP contribution in [0.1, 0.15) is 120 Å². The van der Waals surface area contributed by atoms with Gasteiger partial charge in [0.25, 0.3) is 0 Å². The average molecular weight is 875 g/mol. The Hall–Kier alpha value is -1.36. The number of aliphatic hydroxyl groups excluding tert-OH is 1. The summed E-state index contributed by atoms with van der Waals surface area (Å²) < 4.78 is 60.6. The third-order valence-corrected chi connectivity index (χ3v) is 14.0. The summed E-state index contributed by atoms with van der Waals surface area (Å²) in [5.74, 6) is 0. The topological polar surface area (TPSA) is 180 Å². The van der Waals surface area contributed by atoms with Crippen molar-refractivity contribution in [1.82, 2.24) is 5.32 Å². The number of aliphatic imine (C=N–C) groups is 1. The second-order valence-corrected chi connectivity index (χ2v) is 18.0. The van der Waals surface area contributed by atoms with Crippen molar-refractivity contribution in [2.45, 2.75) is 132 Å². The molecule has 0 fully saturated rings. The first kappa shape index (κ1) is 60.9. The number of aliphatic hydroxyl groups is 1. The Morgan fingerprint density at radius 2 is 0.914 bits per heavy atom. The van der Waals surface area contributed by atoms with Crippen LogP contribution < -0.4 is 5.32 Å². The molecule has 0 aromatic rings. The summed E-state index contributed by atoms with van der Waals surface area (Å²) in [6, 6.07) is 1.35. The lowest BCUT2D eigenvalue weighted by Gasteiger charge is -2.28. The zero-order valence-corrected chi connectivity index (χ0v) is 39.9. The minimum Gasteiger partial charge on any atom is -0.447 e. The van der Waals surface area contributed by atoms with Crippen molar-refractivity contribution in [3.63, 3.8) is 0 Å². The largest absolute Gasteiger partial charge is 0.500 e. The lowest BCUT2D eigenvalue weighted by molar-refractivity contribution is 0.0272. The highest BCUT2D eigenvalue weighted by molar-refractivity contribution is 6.61. The number of rotatable bonds is 41. The van der Waals surface area contributed by atoms with Crippen molar-refractivity contribution >= 4 is 29.8 Å². The van der Waals surface area contributed by atoms with E-state index >= 15 is 0 Å². The molecule has 0 spiro atoms. The van der Waals surface area contributed by atoms with Crippen molar-refractivity contribution in [2.75, 3.05) is 119 Å². The molecule has 0 aromatic carbocycles. The molecule has 0 aliphatic rings. The maximum Gasteiger partial charge on any atom is 0.500 e. The highest BCUT2D eigenvalue weighted by Gasteiger charge is 2.40. The molecule has 18 heteroatoms. The summed E-state index contributed by atoms with van der Waals surface area (Å²) in [7, 11) is -5.18. The number of nitrogens with one attached hydrogen (secondary N) is 1. The fraction of sp³-hybridized carbons (Fsp3) is 0.950. The first-order valence-electron chi connectivity index (χ1n) is 22.0. The second-order valence-electron chi connectivity index (χ2n) is 12.5. The average Bonchev–Trinajstić information content (AvgIpc) is 3.21. The Morgan fingerprint density at radius 1 is 0.517 bits per heavy atom. The molecule has 58 heavy (non-hydrogen) atoms. The van der Waals surface area contributed by atoms with E-state index in [0.29, 0.717) is 111 Å². The van der Waals surface area contributed by atoms with Crippen LogP contribution >= 0.6 is 0 Å². The molecule has 0 heterocycles. The van der Waals surface area contributed by atoms with Gasteiger partial charge in [-0.15, -0.1) is 0 Å². The van der Waals surface area contributed by atoms with Crippen LogP contribution in [0.4, 0.5) is 4.79 Å². The Balaban J connectivity index is -0.000000874. The summed E-state index contributed by atoms with van der Waals surface area (Å²) in [6.07, 6.45) is 12.3. The molecule has 0 bridgehead atoms. The van der Waals surface area contributed by atoms with E-state index in [4.69, 9.17) is 55.3 Å². The Bertz CT molecular complexity index is 835. The number of ether oxygens (including phenoxy) is 5. The van der Waals surface area contributed by atoms with E-state index in [-0.39, 0.29) is 13.2 Å². The van der Waals surface area contributed by atoms with E-state index in [1.165, 1.54) is 44.6 Å². The minimum absolute atomic E-state index is 0.0938. The van der Waals surface area contributed by atoms with Crippen LogP contribution in [-0.4, -0.2) is 154 Å². The number of carbonyl (C=O) groups excluding carboxylic acids is 2. The molecule has 0 saturated carbocycles.